The molecule has 2 aliphatic rings. The van der Waals surface area contributed by atoms with Crippen molar-refractivity contribution < 1.29 is 14.6 Å². The number of halogens is 2. The Hall–Kier alpha value is -4.43. The molecule has 13 nitrogen and oxygen atoms in total. The summed E-state index contributed by atoms with van der Waals surface area (Å²) >= 11 is 12.7. The Morgan fingerprint density at radius 1 is 0.939 bits per heavy atom. The number of aliphatic hydroxyl groups is 1. The van der Waals surface area contributed by atoms with E-state index < -0.39 is 11.8 Å². The van der Waals surface area contributed by atoms with E-state index in [0.29, 0.717) is 33.6 Å². The summed E-state index contributed by atoms with van der Waals surface area (Å²) in [5.74, 6) is 1.31. The van der Waals surface area contributed by atoms with Crippen LogP contribution in [0, 0.1) is 0 Å². The summed E-state index contributed by atoms with van der Waals surface area (Å²) in [6.45, 7) is 7.30. The standard InChI is InChI=1S/C34H37Cl2N9O4/c1-3-23(2)44-33(47)43(22-37-44)27-7-5-25(6-8-27)41-14-16-42(17-15-41)26-9-11-28(12-10-26)48-21-29(20-46)49-34(19-32-38-39-40-45(32)34)30-13-4-24(35)18-31(30)36/h4-13,18,22-23,29,46H,3,14-17,19-21H2,1-2H3/t23?,29-,34+/m0/s1. The van der Waals surface area contributed by atoms with E-state index in [1.165, 1.54) is 4.68 Å². The van der Waals surface area contributed by atoms with E-state index in [1.54, 1.807) is 33.8 Å². The highest BCUT2D eigenvalue weighted by atomic mass is 35.5. The first kappa shape index (κ1) is 33.1. The predicted octanol–water partition coefficient (Wildman–Crippen LogP) is 4.34. The number of fused-ring (bicyclic) bond motifs is 1. The molecular formula is C34H37Cl2N9O4. The van der Waals surface area contributed by atoms with Crippen molar-refractivity contribution in [2.45, 2.75) is 44.6 Å². The van der Waals surface area contributed by atoms with E-state index in [0.717, 1.165) is 49.7 Å². The predicted molar refractivity (Wildman–Crippen MR) is 186 cm³/mol. The van der Waals surface area contributed by atoms with Crippen molar-refractivity contribution in [3.05, 3.63) is 105 Å². The van der Waals surface area contributed by atoms with Crippen molar-refractivity contribution in [3.63, 3.8) is 0 Å². The first-order chi connectivity index (χ1) is 23.8. The summed E-state index contributed by atoms with van der Waals surface area (Å²) in [5.41, 5.74) is 2.47. The van der Waals surface area contributed by atoms with Gasteiger partial charge >= 0.3 is 5.69 Å². The Bertz CT molecular complexity index is 1960. The highest BCUT2D eigenvalue weighted by Crippen LogP contribution is 2.43. The second-order valence-corrected chi connectivity index (χ2v) is 13.1. The molecule has 1 unspecified atom stereocenters. The molecule has 1 saturated heterocycles. The number of benzene rings is 3. The normalized spacial score (nSPS) is 18.6. The highest BCUT2D eigenvalue weighted by molar-refractivity contribution is 6.35. The fourth-order valence-corrected chi connectivity index (χ4v) is 6.88. The van der Waals surface area contributed by atoms with E-state index in [4.69, 9.17) is 32.7 Å². The number of tetrazole rings is 1. The van der Waals surface area contributed by atoms with Crippen LogP contribution in [0.1, 0.15) is 37.7 Å². The summed E-state index contributed by atoms with van der Waals surface area (Å²) < 4.78 is 17.2. The summed E-state index contributed by atoms with van der Waals surface area (Å²) in [6.07, 6.45) is 2.13. The van der Waals surface area contributed by atoms with Crippen molar-refractivity contribution in [1.29, 1.82) is 0 Å². The van der Waals surface area contributed by atoms with Crippen LogP contribution in [0.25, 0.3) is 5.69 Å². The molecule has 3 aromatic carbocycles. The van der Waals surface area contributed by atoms with Crippen LogP contribution in [-0.2, 0) is 16.9 Å². The molecular weight excluding hydrogens is 669 g/mol. The Morgan fingerprint density at radius 3 is 2.20 bits per heavy atom. The number of hydrogen-bond donors (Lipinski definition) is 1. The van der Waals surface area contributed by atoms with Crippen LogP contribution in [0.4, 0.5) is 11.4 Å². The average molecular weight is 707 g/mol. The van der Waals surface area contributed by atoms with Gasteiger partial charge in [0.1, 0.15) is 24.8 Å². The van der Waals surface area contributed by atoms with Gasteiger partial charge in [0.25, 0.3) is 0 Å². The average Bonchev–Trinajstić information content (AvgIpc) is 3.71. The molecule has 0 saturated carbocycles. The highest BCUT2D eigenvalue weighted by Gasteiger charge is 2.51. The summed E-state index contributed by atoms with van der Waals surface area (Å²) in [4.78, 5) is 17.5. The van der Waals surface area contributed by atoms with Gasteiger partial charge < -0.3 is 24.4 Å². The van der Waals surface area contributed by atoms with Crippen molar-refractivity contribution in [1.82, 2.24) is 34.6 Å². The zero-order valence-corrected chi connectivity index (χ0v) is 28.7. The van der Waals surface area contributed by atoms with Gasteiger partial charge in [0.05, 0.1) is 29.8 Å². The number of aliphatic hydroxyl groups excluding tert-OH is 1. The van der Waals surface area contributed by atoms with E-state index in [9.17, 15) is 9.90 Å². The van der Waals surface area contributed by atoms with Crippen LogP contribution in [-0.4, -0.2) is 85.2 Å². The Kier molecular flexibility index (Phi) is 9.34. The number of aromatic nitrogens is 7. The van der Waals surface area contributed by atoms with Gasteiger partial charge in [-0.3, -0.25) is 0 Å². The third kappa shape index (κ3) is 6.39. The number of nitrogens with zero attached hydrogens (tertiary/aromatic N) is 9. The molecule has 4 heterocycles. The van der Waals surface area contributed by atoms with Crippen molar-refractivity contribution >= 4 is 34.6 Å². The monoisotopic (exact) mass is 705 g/mol. The number of hydrogen-bond acceptors (Lipinski definition) is 10. The zero-order chi connectivity index (χ0) is 34.1. The minimum Gasteiger partial charge on any atom is -0.491 e. The van der Waals surface area contributed by atoms with Gasteiger partial charge in [-0.25, -0.2) is 14.0 Å². The Labute approximate surface area is 293 Å². The molecule has 2 aromatic heterocycles. The number of piperazine rings is 1. The van der Waals surface area contributed by atoms with Crippen LogP contribution in [0.15, 0.2) is 77.9 Å². The van der Waals surface area contributed by atoms with E-state index in [1.807, 2.05) is 50.2 Å². The smallest absolute Gasteiger partial charge is 0.350 e. The molecule has 2 aliphatic heterocycles. The molecule has 0 aliphatic carbocycles. The lowest BCUT2D eigenvalue weighted by Gasteiger charge is -2.43. The minimum absolute atomic E-state index is 0.0569. The first-order valence-corrected chi connectivity index (χ1v) is 17.1. The Balaban J connectivity index is 0.938. The SMILES string of the molecule is CCC(C)n1ncn(-c2ccc(N3CCN(c4ccc(OC[C@H](CO)O[C@@]5(c6ccc(Cl)cc6Cl)Cc6nnnn65)cc4)CC3)cc2)c1=O. The molecule has 1 fully saturated rings. The van der Waals surface area contributed by atoms with E-state index in [2.05, 4.69) is 42.6 Å². The first-order valence-electron chi connectivity index (χ1n) is 16.3. The van der Waals surface area contributed by atoms with Crippen molar-refractivity contribution in [2.75, 3.05) is 49.2 Å². The summed E-state index contributed by atoms with van der Waals surface area (Å²) in [6, 6.07) is 21.2. The fraction of sp³-hybridized carbons (Fsp3) is 0.382. The second kappa shape index (κ2) is 13.8. The second-order valence-electron chi connectivity index (χ2n) is 12.3. The third-order valence-corrected chi connectivity index (χ3v) is 9.85. The van der Waals surface area contributed by atoms with Crippen molar-refractivity contribution in [3.8, 4) is 11.4 Å². The topological polar surface area (TPSA) is 129 Å². The Morgan fingerprint density at radius 2 is 1.59 bits per heavy atom. The van der Waals surface area contributed by atoms with Gasteiger partial charge in [0, 0.05) is 48.1 Å². The van der Waals surface area contributed by atoms with E-state index >= 15 is 0 Å². The molecule has 15 heteroatoms. The van der Waals surface area contributed by atoms with Gasteiger partial charge in [-0.15, -0.1) is 5.10 Å². The third-order valence-electron chi connectivity index (χ3n) is 9.30. The zero-order valence-electron chi connectivity index (χ0n) is 27.2. The van der Waals surface area contributed by atoms with Gasteiger partial charge in [-0.1, -0.05) is 36.2 Å². The molecule has 256 valence electrons. The molecule has 5 aromatic rings. The van der Waals surface area contributed by atoms with Crippen LogP contribution < -0.4 is 20.2 Å². The van der Waals surface area contributed by atoms with Gasteiger partial charge in [-0.2, -0.15) is 9.78 Å². The fourth-order valence-electron chi connectivity index (χ4n) is 6.32. The lowest BCUT2D eigenvalue weighted by atomic mass is 9.92. The summed E-state index contributed by atoms with van der Waals surface area (Å²) in [5, 5.41) is 27.3. The maximum absolute atomic E-state index is 12.8. The van der Waals surface area contributed by atoms with Gasteiger partial charge in [0.15, 0.2) is 11.5 Å². The molecule has 0 radical (unpaired) electrons. The summed E-state index contributed by atoms with van der Waals surface area (Å²) in [7, 11) is 0. The molecule has 0 amide bonds. The number of rotatable bonds is 12. The van der Waals surface area contributed by atoms with Crippen LogP contribution in [0.5, 0.6) is 5.75 Å². The molecule has 3 atom stereocenters. The van der Waals surface area contributed by atoms with Crippen LogP contribution in [0.3, 0.4) is 0 Å². The lowest BCUT2D eigenvalue weighted by molar-refractivity contribution is -0.173. The lowest BCUT2D eigenvalue weighted by Crippen LogP contribution is -2.53. The van der Waals surface area contributed by atoms with Crippen molar-refractivity contribution in [2.24, 2.45) is 0 Å². The molecule has 1 N–H and O–H groups in total. The van der Waals surface area contributed by atoms with E-state index in [-0.39, 0.29) is 24.9 Å². The number of ether oxygens (including phenoxy) is 2. The van der Waals surface area contributed by atoms with Crippen LogP contribution >= 0.6 is 23.2 Å². The largest absolute Gasteiger partial charge is 0.491 e. The molecule has 49 heavy (non-hydrogen) atoms. The number of anilines is 2. The van der Waals surface area contributed by atoms with Crippen LogP contribution in [0.2, 0.25) is 10.0 Å². The molecule has 7 rings (SSSR count). The van der Waals surface area contributed by atoms with Gasteiger partial charge in [0.2, 0.25) is 0 Å². The maximum Gasteiger partial charge on any atom is 0.350 e. The minimum atomic E-state index is -1.08. The molecule has 0 spiro atoms. The molecule has 0 bridgehead atoms. The van der Waals surface area contributed by atoms with Gasteiger partial charge in [-0.05, 0) is 84.4 Å². The quantitative estimate of drug-likeness (QED) is 0.200. The maximum atomic E-state index is 12.8.